The van der Waals surface area contributed by atoms with E-state index in [0.29, 0.717) is 12.5 Å². The Morgan fingerprint density at radius 3 is 3.00 bits per heavy atom. The number of halogens is 1. The Morgan fingerprint density at radius 1 is 1.53 bits per heavy atom. The molecule has 1 aliphatic heterocycles. The van der Waals surface area contributed by atoms with Gasteiger partial charge in [-0.2, -0.15) is 0 Å². The maximum absolute atomic E-state index is 6.14. The molecular formula is C12H16ClNO. The molecule has 1 N–H and O–H groups in total. The smallest absolute Gasteiger partial charge is 0.137 e. The molecule has 1 aromatic rings. The van der Waals surface area contributed by atoms with Crippen LogP contribution in [0.3, 0.4) is 0 Å². The van der Waals surface area contributed by atoms with Crippen LogP contribution in [0.5, 0.6) is 5.75 Å². The first-order valence-corrected chi connectivity index (χ1v) is 5.82. The molecule has 15 heavy (non-hydrogen) atoms. The highest BCUT2D eigenvalue weighted by Crippen LogP contribution is 2.30. The van der Waals surface area contributed by atoms with Gasteiger partial charge in [-0.05, 0) is 43.5 Å². The Morgan fingerprint density at radius 2 is 2.40 bits per heavy atom. The predicted octanol–water partition coefficient (Wildman–Crippen LogP) is 2.82. The van der Waals surface area contributed by atoms with E-state index >= 15 is 0 Å². The molecular weight excluding hydrogens is 210 g/mol. The number of nitrogens with one attached hydrogen (secondary N) is 1. The van der Waals surface area contributed by atoms with Gasteiger partial charge in [-0.15, -0.1) is 0 Å². The second-order valence-corrected chi connectivity index (χ2v) is 4.22. The van der Waals surface area contributed by atoms with E-state index in [1.807, 2.05) is 19.1 Å². The summed E-state index contributed by atoms with van der Waals surface area (Å²) in [6, 6.07) is 6.12. The average Bonchev–Trinajstić information content (AvgIpc) is 2.74. The van der Waals surface area contributed by atoms with Crippen LogP contribution in [0.2, 0.25) is 5.02 Å². The van der Waals surface area contributed by atoms with Crippen LogP contribution in [0.25, 0.3) is 0 Å². The van der Waals surface area contributed by atoms with Crippen LogP contribution in [0.4, 0.5) is 0 Å². The zero-order valence-electron chi connectivity index (χ0n) is 8.92. The van der Waals surface area contributed by atoms with Gasteiger partial charge in [0, 0.05) is 6.54 Å². The average molecular weight is 226 g/mol. The molecule has 2 nitrogen and oxygen atoms in total. The zero-order valence-corrected chi connectivity index (χ0v) is 9.68. The van der Waals surface area contributed by atoms with Gasteiger partial charge in [-0.25, -0.2) is 0 Å². The van der Waals surface area contributed by atoms with E-state index < -0.39 is 0 Å². The molecule has 0 saturated carbocycles. The molecule has 0 radical (unpaired) electrons. The third-order valence-corrected chi connectivity index (χ3v) is 3.08. The summed E-state index contributed by atoms with van der Waals surface area (Å²) in [6.45, 7) is 4.79. The summed E-state index contributed by atoms with van der Waals surface area (Å²) in [4.78, 5) is 0. The second kappa shape index (κ2) is 4.86. The summed E-state index contributed by atoms with van der Waals surface area (Å²) < 4.78 is 5.41. The van der Waals surface area contributed by atoms with Crippen molar-refractivity contribution in [3.63, 3.8) is 0 Å². The van der Waals surface area contributed by atoms with Gasteiger partial charge in [0.25, 0.3) is 0 Å². The van der Waals surface area contributed by atoms with Crippen LogP contribution >= 0.6 is 11.6 Å². The fourth-order valence-corrected chi connectivity index (χ4v) is 2.23. The van der Waals surface area contributed by atoms with Crippen molar-refractivity contribution in [3.05, 3.63) is 28.8 Å². The highest BCUT2D eigenvalue weighted by molar-refractivity contribution is 6.32. The first-order chi connectivity index (χ1) is 7.31. The maximum Gasteiger partial charge on any atom is 0.137 e. The van der Waals surface area contributed by atoms with Crippen molar-refractivity contribution in [2.24, 2.45) is 0 Å². The fraction of sp³-hybridized carbons (Fsp3) is 0.500. The van der Waals surface area contributed by atoms with E-state index in [-0.39, 0.29) is 0 Å². The minimum absolute atomic E-state index is 0.609. The van der Waals surface area contributed by atoms with Gasteiger partial charge in [0.15, 0.2) is 0 Å². The highest BCUT2D eigenvalue weighted by atomic mass is 35.5. The number of hydrogen-bond acceptors (Lipinski definition) is 2. The molecule has 1 aliphatic rings. The molecule has 1 aromatic carbocycles. The summed E-state index contributed by atoms with van der Waals surface area (Å²) in [5, 5.41) is 4.08. The van der Waals surface area contributed by atoms with Crippen LogP contribution in [-0.4, -0.2) is 19.7 Å². The van der Waals surface area contributed by atoms with Crippen molar-refractivity contribution < 1.29 is 4.74 Å². The van der Waals surface area contributed by atoms with Gasteiger partial charge in [0.1, 0.15) is 5.75 Å². The molecule has 0 spiro atoms. The summed E-state index contributed by atoms with van der Waals surface area (Å²) >= 11 is 6.14. The van der Waals surface area contributed by atoms with E-state index in [1.54, 1.807) is 0 Å². The third kappa shape index (κ3) is 2.44. The van der Waals surface area contributed by atoms with Crippen molar-refractivity contribution in [2.45, 2.75) is 19.3 Å². The molecule has 3 heteroatoms. The molecule has 1 atom stereocenters. The molecule has 1 heterocycles. The lowest BCUT2D eigenvalue weighted by Crippen LogP contribution is -2.08. The molecule has 0 bridgehead atoms. The molecule has 0 amide bonds. The maximum atomic E-state index is 6.14. The van der Waals surface area contributed by atoms with Crippen LogP contribution < -0.4 is 10.1 Å². The Kier molecular flexibility index (Phi) is 3.49. The Balaban J connectivity index is 2.16. The topological polar surface area (TPSA) is 21.3 Å². The monoisotopic (exact) mass is 225 g/mol. The normalized spacial score (nSPS) is 20.5. The van der Waals surface area contributed by atoms with Crippen LogP contribution in [0.1, 0.15) is 24.8 Å². The van der Waals surface area contributed by atoms with E-state index in [2.05, 4.69) is 11.4 Å². The standard InChI is InChI=1S/C12H16ClNO/c1-2-15-12-4-3-9(7-11(12)13)10-5-6-14-8-10/h3-4,7,10,14H,2,5-6,8H2,1H3. The van der Waals surface area contributed by atoms with Gasteiger partial charge in [0.05, 0.1) is 11.6 Å². The van der Waals surface area contributed by atoms with Crippen LogP contribution in [0, 0.1) is 0 Å². The van der Waals surface area contributed by atoms with Crippen molar-refractivity contribution in [3.8, 4) is 5.75 Å². The van der Waals surface area contributed by atoms with Crippen molar-refractivity contribution in [2.75, 3.05) is 19.7 Å². The minimum Gasteiger partial charge on any atom is -0.492 e. The molecule has 1 fully saturated rings. The second-order valence-electron chi connectivity index (χ2n) is 3.81. The molecule has 0 aliphatic carbocycles. The van der Waals surface area contributed by atoms with Gasteiger partial charge in [-0.3, -0.25) is 0 Å². The lowest BCUT2D eigenvalue weighted by molar-refractivity contribution is 0.340. The lowest BCUT2D eigenvalue weighted by atomic mass is 9.98. The van der Waals surface area contributed by atoms with Gasteiger partial charge in [0.2, 0.25) is 0 Å². The molecule has 2 rings (SSSR count). The number of benzene rings is 1. The highest BCUT2D eigenvalue weighted by Gasteiger charge is 2.17. The Labute approximate surface area is 95.6 Å². The summed E-state index contributed by atoms with van der Waals surface area (Å²) in [7, 11) is 0. The Bertz CT molecular complexity index is 334. The largest absolute Gasteiger partial charge is 0.492 e. The first kappa shape index (κ1) is 10.8. The van der Waals surface area contributed by atoms with Crippen LogP contribution in [0.15, 0.2) is 18.2 Å². The fourth-order valence-electron chi connectivity index (χ4n) is 1.98. The number of ether oxygens (including phenoxy) is 1. The van der Waals surface area contributed by atoms with Crippen molar-refractivity contribution in [1.29, 1.82) is 0 Å². The Hall–Kier alpha value is -0.730. The summed E-state index contributed by atoms with van der Waals surface area (Å²) in [5.41, 5.74) is 1.31. The number of rotatable bonds is 3. The van der Waals surface area contributed by atoms with E-state index in [4.69, 9.17) is 16.3 Å². The quantitative estimate of drug-likeness (QED) is 0.854. The first-order valence-electron chi connectivity index (χ1n) is 5.44. The zero-order chi connectivity index (χ0) is 10.7. The molecule has 0 aromatic heterocycles. The summed E-state index contributed by atoms with van der Waals surface area (Å²) in [5.74, 6) is 1.40. The van der Waals surface area contributed by atoms with Crippen LogP contribution in [-0.2, 0) is 0 Å². The summed E-state index contributed by atoms with van der Waals surface area (Å²) in [6.07, 6.45) is 1.20. The molecule has 1 saturated heterocycles. The van der Waals surface area contributed by atoms with Gasteiger partial charge < -0.3 is 10.1 Å². The molecule has 82 valence electrons. The molecule has 1 unspecified atom stereocenters. The van der Waals surface area contributed by atoms with E-state index in [9.17, 15) is 0 Å². The predicted molar refractivity (Wildman–Crippen MR) is 62.8 cm³/mol. The van der Waals surface area contributed by atoms with E-state index in [1.165, 1.54) is 12.0 Å². The minimum atomic E-state index is 0.609. The SMILES string of the molecule is CCOc1ccc(C2CCNC2)cc1Cl. The van der Waals surface area contributed by atoms with Gasteiger partial charge in [-0.1, -0.05) is 17.7 Å². The van der Waals surface area contributed by atoms with Crippen molar-refractivity contribution >= 4 is 11.6 Å². The van der Waals surface area contributed by atoms with Crippen molar-refractivity contribution in [1.82, 2.24) is 5.32 Å². The van der Waals surface area contributed by atoms with E-state index in [0.717, 1.165) is 23.9 Å². The lowest BCUT2D eigenvalue weighted by Gasteiger charge is -2.11. The third-order valence-electron chi connectivity index (χ3n) is 2.79. The number of hydrogen-bond donors (Lipinski definition) is 1. The van der Waals surface area contributed by atoms with Gasteiger partial charge >= 0.3 is 0 Å².